The number of aliphatic imine (C=N–C) groups is 1. The summed E-state index contributed by atoms with van der Waals surface area (Å²) < 4.78 is 37.7. The van der Waals surface area contributed by atoms with Crippen LogP contribution in [0.2, 0.25) is 0 Å². The van der Waals surface area contributed by atoms with Gasteiger partial charge >= 0.3 is 0 Å². The second-order valence-electron chi connectivity index (χ2n) is 6.49. The van der Waals surface area contributed by atoms with Gasteiger partial charge in [-0.2, -0.15) is 0 Å². The molecule has 0 aromatic heterocycles. The number of rotatable bonds is 9. The maximum atomic E-state index is 13.2. The van der Waals surface area contributed by atoms with Crippen LogP contribution in [0.4, 0.5) is 4.39 Å². The second-order valence-corrected chi connectivity index (χ2v) is 8.60. The third-order valence-electron chi connectivity index (χ3n) is 4.28. The van der Waals surface area contributed by atoms with Gasteiger partial charge in [-0.15, -0.1) is 24.0 Å². The van der Waals surface area contributed by atoms with E-state index in [4.69, 9.17) is 0 Å². The smallest absolute Gasteiger partial charge is 0.191 e. The number of aryl methyl sites for hydroxylation is 1. The zero-order valence-electron chi connectivity index (χ0n) is 16.8. The molecule has 0 fully saturated rings. The van der Waals surface area contributed by atoms with E-state index in [0.717, 1.165) is 17.5 Å². The van der Waals surface area contributed by atoms with Gasteiger partial charge in [0.05, 0.1) is 10.6 Å². The molecule has 0 unspecified atom stereocenters. The van der Waals surface area contributed by atoms with Crippen LogP contribution in [0, 0.1) is 12.7 Å². The van der Waals surface area contributed by atoms with Gasteiger partial charge in [-0.05, 0) is 62.1 Å². The van der Waals surface area contributed by atoms with Gasteiger partial charge in [-0.25, -0.2) is 12.8 Å². The Morgan fingerprint density at radius 1 is 1.10 bits per heavy atom. The van der Waals surface area contributed by atoms with Gasteiger partial charge in [0, 0.05) is 19.6 Å². The van der Waals surface area contributed by atoms with E-state index in [1.807, 2.05) is 13.8 Å². The molecule has 0 aliphatic rings. The summed E-state index contributed by atoms with van der Waals surface area (Å²) in [6.07, 6.45) is 1.20. The van der Waals surface area contributed by atoms with Crippen molar-refractivity contribution < 1.29 is 12.8 Å². The number of guanidine groups is 1. The van der Waals surface area contributed by atoms with Crippen molar-refractivity contribution in [3.05, 3.63) is 65.5 Å². The summed E-state index contributed by atoms with van der Waals surface area (Å²) in [4.78, 5) is 4.79. The Morgan fingerprint density at radius 2 is 1.83 bits per heavy atom. The van der Waals surface area contributed by atoms with Crippen molar-refractivity contribution in [3.8, 4) is 0 Å². The number of halogens is 2. The lowest BCUT2D eigenvalue weighted by atomic mass is 10.1. The fourth-order valence-corrected chi connectivity index (χ4v) is 4.10. The van der Waals surface area contributed by atoms with Crippen LogP contribution in [0.3, 0.4) is 0 Å². The summed E-state index contributed by atoms with van der Waals surface area (Å²) in [7, 11) is -3.27. The van der Waals surface area contributed by atoms with Gasteiger partial charge in [0.2, 0.25) is 0 Å². The van der Waals surface area contributed by atoms with Crippen molar-refractivity contribution in [1.82, 2.24) is 10.6 Å². The Hall–Kier alpha value is -1.68. The lowest BCUT2D eigenvalue weighted by molar-refractivity contribution is 0.593. The highest BCUT2D eigenvalue weighted by molar-refractivity contribution is 14.0. The summed E-state index contributed by atoms with van der Waals surface area (Å²) >= 11 is 0. The average Bonchev–Trinajstić information content (AvgIpc) is 2.67. The van der Waals surface area contributed by atoms with E-state index in [9.17, 15) is 12.8 Å². The molecule has 5 nitrogen and oxygen atoms in total. The lowest BCUT2D eigenvalue weighted by Gasteiger charge is -2.12. The Kier molecular flexibility index (Phi) is 11.2. The monoisotopic (exact) mass is 533 g/mol. The van der Waals surface area contributed by atoms with E-state index in [1.54, 1.807) is 36.4 Å². The third kappa shape index (κ3) is 8.69. The molecule has 2 N–H and O–H groups in total. The predicted molar refractivity (Wildman–Crippen MR) is 127 cm³/mol. The molecule has 0 spiro atoms. The Labute approximate surface area is 190 Å². The summed E-state index contributed by atoms with van der Waals surface area (Å²) in [5, 5.41) is 6.39. The number of hydrogen-bond acceptors (Lipinski definition) is 3. The number of hydrogen-bond donors (Lipinski definition) is 2. The van der Waals surface area contributed by atoms with Crippen molar-refractivity contribution in [2.75, 3.05) is 25.4 Å². The highest BCUT2D eigenvalue weighted by Gasteiger charge is 2.12. The molecule has 0 amide bonds. The van der Waals surface area contributed by atoms with Crippen molar-refractivity contribution in [2.24, 2.45) is 4.99 Å². The highest BCUT2D eigenvalue weighted by Crippen LogP contribution is 2.11. The maximum Gasteiger partial charge on any atom is 0.191 e. The first-order valence-corrected chi connectivity index (χ1v) is 11.1. The first kappa shape index (κ1) is 25.4. The molecule has 0 bridgehead atoms. The van der Waals surface area contributed by atoms with E-state index in [0.29, 0.717) is 36.9 Å². The van der Waals surface area contributed by atoms with Crippen molar-refractivity contribution >= 4 is 39.8 Å². The van der Waals surface area contributed by atoms with E-state index < -0.39 is 9.84 Å². The molecule has 0 aliphatic heterocycles. The molecule has 2 aromatic rings. The van der Waals surface area contributed by atoms with Crippen LogP contribution in [-0.2, 0) is 16.3 Å². The molecule has 0 heterocycles. The van der Waals surface area contributed by atoms with Crippen LogP contribution >= 0.6 is 24.0 Å². The molecular weight excluding hydrogens is 504 g/mol. The quantitative estimate of drug-likeness (QED) is 0.223. The number of nitrogens with zero attached hydrogens (tertiary/aromatic N) is 1. The molecule has 0 saturated carbocycles. The van der Waals surface area contributed by atoms with E-state index in [2.05, 4.69) is 15.6 Å². The minimum Gasteiger partial charge on any atom is -0.357 e. The number of benzene rings is 2. The van der Waals surface area contributed by atoms with E-state index >= 15 is 0 Å². The molecule has 0 atom stereocenters. The number of nitrogens with one attached hydrogen (secondary N) is 2. The topological polar surface area (TPSA) is 70.6 Å². The molecule has 160 valence electrons. The van der Waals surface area contributed by atoms with Crippen LogP contribution in [0.25, 0.3) is 0 Å². The van der Waals surface area contributed by atoms with Crippen LogP contribution in [0.1, 0.15) is 24.5 Å². The summed E-state index contributed by atoms with van der Waals surface area (Å²) in [6, 6.07) is 13.3. The normalized spacial score (nSPS) is 11.6. The fourth-order valence-electron chi connectivity index (χ4n) is 2.79. The van der Waals surface area contributed by atoms with Crippen LogP contribution in [-0.4, -0.2) is 39.8 Å². The molecule has 0 aliphatic carbocycles. The molecule has 8 heteroatoms. The third-order valence-corrected chi connectivity index (χ3v) is 6.10. The predicted octanol–water partition coefficient (Wildman–Crippen LogP) is 3.71. The fraction of sp³-hybridized carbons (Fsp3) is 0.381. The minimum absolute atomic E-state index is 0. The van der Waals surface area contributed by atoms with Gasteiger partial charge in [0.25, 0.3) is 0 Å². The Bertz CT molecular complexity index is 890. The average molecular weight is 533 g/mol. The van der Waals surface area contributed by atoms with Gasteiger partial charge in [0.15, 0.2) is 15.8 Å². The summed E-state index contributed by atoms with van der Waals surface area (Å²) in [5.74, 6) is 0.489. The first-order chi connectivity index (χ1) is 13.4. The Balaban J connectivity index is 0.00000420. The van der Waals surface area contributed by atoms with Crippen molar-refractivity contribution in [1.29, 1.82) is 0 Å². The summed E-state index contributed by atoms with van der Waals surface area (Å²) in [6.45, 7) is 5.65. The van der Waals surface area contributed by atoms with Gasteiger partial charge in [0.1, 0.15) is 5.82 Å². The minimum atomic E-state index is -3.27. The molecule has 0 saturated heterocycles. The van der Waals surface area contributed by atoms with Crippen LogP contribution in [0.15, 0.2) is 58.4 Å². The van der Waals surface area contributed by atoms with E-state index in [1.165, 1.54) is 12.1 Å². The molecule has 0 radical (unpaired) electrons. The van der Waals surface area contributed by atoms with Crippen LogP contribution < -0.4 is 10.6 Å². The standard InChI is InChI=1S/C21H28FN3O2S.HI/c1-3-23-21(25-14-12-18-10-11-19(22)16-17(18)2)24-13-7-15-28(26,27)20-8-5-4-6-9-20;/h4-6,8-11,16H,3,7,12-15H2,1-2H3,(H2,23,24,25);1H. The first-order valence-electron chi connectivity index (χ1n) is 9.47. The van der Waals surface area contributed by atoms with Crippen LogP contribution in [0.5, 0.6) is 0 Å². The zero-order chi connectivity index (χ0) is 20.4. The van der Waals surface area contributed by atoms with Crippen molar-refractivity contribution in [2.45, 2.75) is 31.6 Å². The molecule has 2 aromatic carbocycles. The largest absolute Gasteiger partial charge is 0.357 e. The zero-order valence-corrected chi connectivity index (χ0v) is 20.0. The number of sulfone groups is 1. The maximum absolute atomic E-state index is 13.2. The lowest BCUT2D eigenvalue weighted by Crippen LogP contribution is -2.38. The highest BCUT2D eigenvalue weighted by atomic mass is 127. The molecule has 29 heavy (non-hydrogen) atoms. The molecule has 2 rings (SSSR count). The van der Waals surface area contributed by atoms with Gasteiger partial charge in [-0.1, -0.05) is 24.3 Å². The Morgan fingerprint density at radius 3 is 2.48 bits per heavy atom. The molecular formula is C21H29FIN3O2S. The van der Waals surface area contributed by atoms with E-state index in [-0.39, 0.29) is 35.5 Å². The van der Waals surface area contributed by atoms with Gasteiger partial charge in [-0.3, -0.25) is 4.99 Å². The van der Waals surface area contributed by atoms with Crippen molar-refractivity contribution in [3.63, 3.8) is 0 Å². The van der Waals surface area contributed by atoms with Gasteiger partial charge < -0.3 is 10.6 Å². The SMILES string of the molecule is CCNC(=NCCCS(=O)(=O)c1ccccc1)NCCc1ccc(F)cc1C.I. The summed E-state index contributed by atoms with van der Waals surface area (Å²) in [5.41, 5.74) is 2.01. The second kappa shape index (κ2) is 12.8.